The van der Waals surface area contributed by atoms with Gasteiger partial charge in [-0.05, 0) is 5.57 Å². The molecule has 2 heteroatoms. The molecule has 1 aliphatic carbocycles. The molecule has 0 aromatic carbocycles. The molecular formula is C7H8Cl2. The second-order valence-corrected chi connectivity index (χ2v) is 2.60. The van der Waals surface area contributed by atoms with E-state index in [1.54, 1.807) is 0 Å². The third-order valence-electron chi connectivity index (χ3n) is 1.45. The zero-order valence-electron chi connectivity index (χ0n) is 4.98. The zero-order chi connectivity index (χ0) is 6.69. The molecule has 0 bridgehead atoms. The van der Waals surface area contributed by atoms with Gasteiger partial charge in [-0.3, -0.25) is 0 Å². The molecule has 0 heterocycles. The summed E-state index contributed by atoms with van der Waals surface area (Å²) < 4.78 is 0. The SMILES string of the molecule is ClCC1=CC=CC1CCl. The van der Waals surface area contributed by atoms with Crippen molar-refractivity contribution in [3.05, 3.63) is 23.8 Å². The maximum atomic E-state index is 5.63. The molecule has 0 aromatic heterocycles. The van der Waals surface area contributed by atoms with Crippen LogP contribution in [0, 0.1) is 5.92 Å². The Balaban J connectivity index is 2.55. The minimum absolute atomic E-state index is 0.393. The Kier molecular flexibility index (Phi) is 2.62. The lowest BCUT2D eigenvalue weighted by Crippen LogP contribution is -1.99. The summed E-state index contributed by atoms with van der Waals surface area (Å²) in [6, 6.07) is 0. The van der Waals surface area contributed by atoms with Crippen molar-refractivity contribution >= 4 is 23.2 Å². The first-order valence-electron chi connectivity index (χ1n) is 2.87. The van der Waals surface area contributed by atoms with Crippen LogP contribution in [0.5, 0.6) is 0 Å². The third-order valence-corrected chi connectivity index (χ3v) is 2.09. The van der Waals surface area contributed by atoms with Crippen LogP contribution in [0.4, 0.5) is 0 Å². The van der Waals surface area contributed by atoms with Gasteiger partial charge in [0.2, 0.25) is 0 Å². The standard InChI is InChI=1S/C7H8Cl2/c8-4-6-2-1-3-7(6)5-9/h1-3,6H,4-5H2. The van der Waals surface area contributed by atoms with Crippen molar-refractivity contribution in [3.63, 3.8) is 0 Å². The van der Waals surface area contributed by atoms with Gasteiger partial charge in [-0.15, -0.1) is 23.2 Å². The van der Waals surface area contributed by atoms with Crippen molar-refractivity contribution in [1.82, 2.24) is 0 Å². The molecule has 50 valence electrons. The van der Waals surface area contributed by atoms with Gasteiger partial charge in [0.15, 0.2) is 0 Å². The molecule has 0 fully saturated rings. The first-order chi connectivity index (χ1) is 4.38. The summed E-state index contributed by atoms with van der Waals surface area (Å²) in [4.78, 5) is 0. The number of hydrogen-bond acceptors (Lipinski definition) is 0. The molecule has 9 heavy (non-hydrogen) atoms. The average molecular weight is 163 g/mol. The van der Waals surface area contributed by atoms with E-state index in [0.717, 1.165) is 0 Å². The van der Waals surface area contributed by atoms with Crippen LogP contribution in [0.15, 0.2) is 23.8 Å². The topological polar surface area (TPSA) is 0 Å². The fraction of sp³-hybridized carbons (Fsp3) is 0.429. The predicted molar refractivity (Wildman–Crippen MR) is 42.2 cm³/mol. The van der Waals surface area contributed by atoms with Crippen LogP contribution < -0.4 is 0 Å². The highest BCUT2D eigenvalue weighted by atomic mass is 35.5. The van der Waals surface area contributed by atoms with Crippen LogP contribution >= 0.6 is 23.2 Å². The van der Waals surface area contributed by atoms with Gasteiger partial charge in [0.1, 0.15) is 0 Å². The summed E-state index contributed by atoms with van der Waals surface area (Å²) in [7, 11) is 0. The number of allylic oxidation sites excluding steroid dienone is 4. The van der Waals surface area contributed by atoms with Gasteiger partial charge in [-0.25, -0.2) is 0 Å². The molecule has 1 rings (SSSR count). The van der Waals surface area contributed by atoms with Gasteiger partial charge < -0.3 is 0 Å². The average Bonchev–Trinajstić information content (AvgIpc) is 2.33. The van der Waals surface area contributed by atoms with Crippen molar-refractivity contribution in [3.8, 4) is 0 Å². The molecule has 0 saturated heterocycles. The summed E-state index contributed by atoms with van der Waals surface area (Å²) in [5.41, 5.74) is 1.23. The normalized spacial score (nSPS) is 24.7. The minimum atomic E-state index is 0.393. The number of rotatable bonds is 2. The van der Waals surface area contributed by atoms with E-state index in [1.807, 2.05) is 12.2 Å². The second kappa shape index (κ2) is 3.28. The van der Waals surface area contributed by atoms with E-state index in [1.165, 1.54) is 5.57 Å². The molecule has 1 atom stereocenters. The van der Waals surface area contributed by atoms with E-state index in [4.69, 9.17) is 23.2 Å². The Bertz CT molecular complexity index is 147. The summed E-state index contributed by atoms with van der Waals surface area (Å²) in [5.74, 6) is 1.64. The summed E-state index contributed by atoms with van der Waals surface area (Å²) in [6.45, 7) is 0. The third kappa shape index (κ3) is 1.50. The molecule has 1 unspecified atom stereocenters. The lowest BCUT2D eigenvalue weighted by atomic mass is 10.1. The Morgan fingerprint density at radius 3 is 2.67 bits per heavy atom. The van der Waals surface area contributed by atoms with E-state index in [2.05, 4.69) is 6.08 Å². The maximum absolute atomic E-state index is 5.63. The zero-order valence-corrected chi connectivity index (χ0v) is 6.49. The van der Waals surface area contributed by atoms with E-state index in [0.29, 0.717) is 17.7 Å². The summed E-state index contributed by atoms with van der Waals surface area (Å²) in [5, 5.41) is 0. The van der Waals surface area contributed by atoms with Gasteiger partial charge in [-0.1, -0.05) is 18.2 Å². The van der Waals surface area contributed by atoms with Gasteiger partial charge in [-0.2, -0.15) is 0 Å². The number of alkyl halides is 2. The van der Waals surface area contributed by atoms with E-state index >= 15 is 0 Å². The first-order valence-corrected chi connectivity index (χ1v) is 3.94. The van der Waals surface area contributed by atoms with E-state index in [9.17, 15) is 0 Å². The van der Waals surface area contributed by atoms with Crippen molar-refractivity contribution in [1.29, 1.82) is 0 Å². The second-order valence-electron chi connectivity index (χ2n) is 2.02. The fourth-order valence-electron chi connectivity index (χ4n) is 0.855. The van der Waals surface area contributed by atoms with Gasteiger partial charge in [0, 0.05) is 17.7 Å². The molecule has 1 aliphatic rings. The molecule has 0 saturated carbocycles. The van der Waals surface area contributed by atoms with Crippen LogP contribution in [0.25, 0.3) is 0 Å². The van der Waals surface area contributed by atoms with Crippen molar-refractivity contribution in [2.75, 3.05) is 11.8 Å². The van der Waals surface area contributed by atoms with Crippen molar-refractivity contribution < 1.29 is 0 Å². The molecule has 0 amide bonds. The van der Waals surface area contributed by atoms with Crippen LogP contribution in [0.3, 0.4) is 0 Å². The number of hydrogen-bond donors (Lipinski definition) is 0. The first kappa shape index (κ1) is 7.17. The van der Waals surface area contributed by atoms with Crippen molar-refractivity contribution in [2.45, 2.75) is 0 Å². The molecule has 0 aliphatic heterocycles. The minimum Gasteiger partial charge on any atom is -0.126 e. The summed E-state index contributed by atoms with van der Waals surface area (Å²) in [6.07, 6.45) is 6.11. The molecular weight excluding hydrogens is 155 g/mol. The predicted octanol–water partition coefficient (Wildman–Crippen LogP) is 2.58. The van der Waals surface area contributed by atoms with E-state index < -0.39 is 0 Å². The largest absolute Gasteiger partial charge is 0.126 e. The smallest absolute Gasteiger partial charge is 0.0442 e. The van der Waals surface area contributed by atoms with E-state index in [-0.39, 0.29) is 0 Å². The van der Waals surface area contributed by atoms with Crippen LogP contribution in [0.2, 0.25) is 0 Å². The molecule has 0 N–H and O–H groups in total. The van der Waals surface area contributed by atoms with Gasteiger partial charge >= 0.3 is 0 Å². The monoisotopic (exact) mass is 162 g/mol. The molecule has 0 aromatic rings. The highest BCUT2D eigenvalue weighted by Gasteiger charge is 2.11. The summed E-state index contributed by atoms with van der Waals surface area (Å²) >= 11 is 11.2. The molecule has 0 radical (unpaired) electrons. The van der Waals surface area contributed by atoms with Crippen LogP contribution in [-0.2, 0) is 0 Å². The highest BCUT2D eigenvalue weighted by Crippen LogP contribution is 2.21. The highest BCUT2D eigenvalue weighted by molar-refractivity contribution is 6.20. The fourth-order valence-corrected chi connectivity index (χ4v) is 1.44. The molecule has 0 spiro atoms. The Morgan fingerprint density at radius 2 is 2.22 bits per heavy atom. The molecule has 0 nitrogen and oxygen atoms in total. The Hall–Kier alpha value is 0.0600. The lowest BCUT2D eigenvalue weighted by molar-refractivity contribution is 0.894. The lowest BCUT2D eigenvalue weighted by Gasteiger charge is -2.04. The quantitative estimate of drug-likeness (QED) is 0.548. The van der Waals surface area contributed by atoms with Crippen LogP contribution in [-0.4, -0.2) is 11.8 Å². The number of halogens is 2. The van der Waals surface area contributed by atoms with Crippen LogP contribution in [0.1, 0.15) is 0 Å². The Morgan fingerprint density at radius 1 is 1.44 bits per heavy atom. The Labute approximate surface area is 65.2 Å². The van der Waals surface area contributed by atoms with Gasteiger partial charge in [0.25, 0.3) is 0 Å². The van der Waals surface area contributed by atoms with Gasteiger partial charge in [0.05, 0.1) is 0 Å². The van der Waals surface area contributed by atoms with Crippen molar-refractivity contribution in [2.24, 2.45) is 5.92 Å². The maximum Gasteiger partial charge on any atom is 0.0442 e.